The number of aromatic nitrogens is 3. The van der Waals surface area contributed by atoms with Crippen LogP contribution in [-0.2, 0) is 6.42 Å². The number of aryl methyl sites for hydroxylation is 1. The summed E-state index contributed by atoms with van der Waals surface area (Å²) in [7, 11) is 0. The third-order valence-corrected chi connectivity index (χ3v) is 3.48. The first-order valence-corrected chi connectivity index (χ1v) is 6.90. The predicted molar refractivity (Wildman–Crippen MR) is 68.2 cm³/mol. The third kappa shape index (κ3) is 5.46. The van der Waals surface area contributed by atoms with Crippen LogP contribution in [0, 0.1) is 0 Å². The predicted octanol–water partition coefficient (Wildman–Crippen LogP) is 1.35. The molecule has 1 aliphatic heterocycles. The molecule has 1 saturated heterocycles. The molecule has 1 fully saturated rings. The van der Waals surface area contributed by atoms with Crippen molar-refractivity contribution >= 4 is 0 Å². The van der Waals surface area contributed by atoms with Crippen molar-refractivity contribution in [2.45, 2.75) is 37.9 Å². The Labute approximate surface area is 115 Å². The van der Waals surface area contributed by atoms with Crippen molar-refractivity contribution in [3.63, 3.8) is 0 Å². The highest BCUT2D eigenvalue weighted by atomic mass is 19.4. The topological polar surface area (TPSA) is 56.8 Å². The van der Waals surface area contributed by atoms with Gasteiger partial charge in [-0.1, -0.05) is 0 Å². The number of piperidine rings is 1. The van der Waals surface area contributed by atoms with Gasteiger partial charge in [0.05, 0.1) is 6.54 Å². The first kappa shape index (κ1) is 15.2. The zero-order valence-electron chi connectivity index (χ0n) is 11.3. The number of nitrogens with zero attached hydrogens (tertiary/aromatic N) is 3. The quantitative estimate of drug-likeness (QED) is 0.777. The number of rotatable bonds is 6. The van der Waals surface area contributed by atoms with Crippen molar-refractivity contribution in [1.82, 2.24) is 25.4 Å². The molecule has 1 aromatic rings. The van der Waals surface area contributed by atoms with Crippen LogP contribution in [-0.4, -0.2) is 58.5 Å². The standard InChI is InChI=1S/C12H20F3N5/c13-12(14,15)8-20-6-3-10(4-7-20)16-5-1-2-11-17-9-18-19-11/h9-10,16H,1-8H2,(H,17,18,19). The molecule has 0 aliphatic carbocycles. The summed E-state index contributed by atoms with van der Waals surface area (Å²) in [5, 5.41) is 9.97. The molecule has 0 saturated carbocycles. The van der Waals surface area contributed by atoms with E-state index < -0.39 is 12.7 Å². The second-order valence-electron chi connectivity index (χ2n) is 5.16. The molecule has 1 aliphatic rings. The smallest absolute Gasteiger partial charge is 0.314 e. The Hall–Kier alpha value is -1.15. The molecule has 0 radical (unpaired) electrons. The molecule has 1 aromatic heterocycles. The monoisotopic (exact) mass is 291 g/mol. The molecule has 2 heterocycles. The molecular weight excluding hydrogens is 271 g/mol. The van der Waals surface area contributed by atoms with Crippen molar-refractivity contribution in [2.24, 2.45) is 0 Å². The SMILES string of the molecule is FC(F)(F)CN1CCC(NCCCc2ncn[nH]2)CC1. The lowest BCUT2D eigenvalue weighted by atomic mass is 10.0. The van der Waals surface area contributed by atoms with Gasteiger partial charge < -0.3 is 5.32 Å². The second kappa shape index (κ2) is 7.03. The average Bonchev–Trinajstić information content (AvgIpc) is 2.88. The number of nitrogens with one attached hydrogen (secondary N) is 2. The summed E-state index contributed by atoms with van der Waals surface area (Å²) >= 11 is 0. The molecule has 0 atom stereocenters. The molecule has 0 aromatic carbocycles. The second-order valence-corrected chi connectivity index (χ2v) is 5.16. The fourth-order valence-electron chi connectivity index (χ4n) is 2.46. The summed E-state index contributed by atoms with van der Waals surface area (Å²) in [5.41, 5.74) is 0. The molecule has 0 spiro atoms. The van der Waals surface area contributed by atoms with Gasteiger partial charge in [0.1, 0.15) is 12.2 Å². The van der Waals surface area contributed by atoms with Gasteiger partial charge >= 0.3 is 6.18 Å². The van der Waals surface area contributed by atoms with Crippen molar-refractivity contribution in [1.29, 1.82) is 0 Å². The highest BCUT2D eigenvalue weighted by molar-refractivity contribution is 4.81. The highest BCUT2D eigenvalue weighted by Gasteiger charge is 2.32. The van der Waals surface area contributed by atoms with E-state index in [1.54, 1.807) is 0 Å². The maximum Gasteiger partial charge on any atom is 0.401 e. The zero-order chi connectivity index (χ0) is 14.4. The van der Waals surface area contributed by atoms with Crippen LogP contribution >= 0.6 is 0 Å². The van der Waals surface area contributed by atoms with Gasteiger partial charge in [-0.05, 0) is 38.9 Å². The molecule has 0 amide bonds. The van der Waals surface area contributed by atoms with Crippen LogP contribution in [0.4, 0.5) is 13.2 Å². The van der Waals surface area contributed by atoms with Gasteiger partial charge in [-0.2, -0.15) is 18.3 Å². The third-order valence-electron chi connectivity index (χ3n) is 3.48. The van der Waals surface area contributed by atoms with E-state index in [2.05, 4.69) is 20.5 Å². The van der Waals surface area contributed by atoms with Gasteiger partial charge in [-0.25, -0.2) is 4.98 Å². The number of aromatic amines is 1. The van der Waals surface area contributed by atoms with E-state index in [9.17, 15) is 13.2 Å². The lowest BCUT2D eigenvalue weighted by molar-refractivity contribution is -0.148. The minimum absolute atomic E-state index is 0.328. The summed E-state index contributed by atoms with van der Waals surface area (Å²) in [6, 6.07) is 0.328. The summed E-state index contributed by atoms with van der Waals surface area (Å²) in [6.45, 7) is 1.09. The van der Waals surface area contributed by atoms with Crippen LogP contribution in [0.5, 0.6) is 0 Å². The van der Waals surface area contributed by atoms with Gasteiger partial charge in [-0.15, -0.1) is 0 Å². The van der Waals surface area contributed by atoms with E-state index in [0.717, 1.165) is 38.1 Å². The number of halogens is 3. The minimum Gasteiger partial charge on any atom is -0.314 e. The molecule has 2 N–H and O–H groups in total. The van der Waals surface area contributed by atoms with Crippen LogP contribution < -0.4 is 5.32 Å². The number of H-pyrrole nitrogens is 1. The largest absolute Gasteiger partial charge is 0.401 e. The van der Waals surface area contributed by atoms with Gasteiger partial charge in [0.15, 0.2) is 0 Å². The zero-order valence-corrected chi connectivity index (χ0v) is 11.3. The molecule has 5 nitrogen and oxygen atoms in total. The summed E-state index contributed by atoms with van der Waals surface area (Å²) < 4.78 is 36.7. The van der Waals surface area contributed by atoms with Crippen LogP contribution in [0.2, 0.25) is 0 Å². The fourth-order valence-corrected chi connectivity index (χ4v) is 2.46. The van der Waals surface area contributed by atoms with Crippen LogP contribution in [0.15, 0.2) is 6.33 Å². The Balaban J connectivity index is 1.55. The lowest BCUT2D eigenvalue weighted by Gasteiger charge is -2.32. The summed E-state index contributed by atoms with van der Waals surface area (Å²) in [4.78, 5) is 5.52. The number of hydrogen-bond donors (Lipinski definition) is 2. The Morgan fingerprint density at radius 2 is 2.10 bits per heavy atom. The van der Waals surface area contributed by atoms with E-state index in [1.807, 2.05) is 0 Å². The normalized spacial score (nSPS) is 18.6. The average molecular weight is 291 g/mol. The maximum atomic E-state index is 12.2. The van der Waals surface area contributed by atoms with E-state index >= 15 is 0 Å². The highest BCUT2D eigenvalue weighted by Crippen LogP contribution is 2.19. The first-order chi connectivity index (χ1) is 9.53. The molecule has 8 heteroatoms. The Bertz CT molecular complexity index is 371. The molecule has 0 bridgehead atoms. The van der Waals surface area contributed by atoms with Gasteiger partial charge in [-0.3, -0.25) is 10.00 Å². The van der Waals surface area contributed by atoms with Gasteiger partial charge in [0.25, 0.3) is 0 Å². The van der Waals surface area contributed by atoms with E-state index in [1.165, 1.54) is 11.2 Å². The summed E-state index contributed by atoms with van der Waals surface area (Å²) in [5.74, 6) is 0.867. The van der Waals surface area contributed by atoms with Crippen molar-refractivity contribution < 1.29 is 13.2 Å². The van der Waals surface area contributed by atoms with E-state index in [-0.39, 0.29) is 0 Å². The maximum absolute atomic E-state index is 12.2. The van der Waals surface area contributed by atoms with Gasteiger partial charge in [0, 0.05) is 12.5 Å². The summed E-state index contributed by atoms with van der Waals surface area (Å²) in [6.07, 6.45) is 0.727. The van der Waals surface area contributed by atoms with Crippen LogP contribution in [0.25, 0.3) is 0 Å². The van der Waals surface area contributed by atoms with Gasteiger partial charge in [0.2, 0.25) is 0 Å². The number of hydrogen-bond acceptors (Lipinski definition) is 4. The molecule has 2 rings (SSSR count). The molecule has 20 heavy (non-hydrogen) atoms. The number of likely N-dealkylation sites (tertiary alicyclic amines) is 1. The van der Waals surface area contributed by atoms with Crippen molar-refractivity contribution in [2.75, 3.05) is 26.2 Å². The molecular formula is C12H20F3N5. The lowest BCUT2D eigenvalue weighted by Crippen LogP contribution is -2.45. The molecule has 0 unspecified atom stereocenters. The fraction of sp³-hybridized carbons (Fsp3) is 0.833. The molecule has 114 valence electrons. The van der Waals surface area contributed by atoms with Crippen LogP contribution in [0.3, 0.4) is 0 Å². The van der Waals surface area contributed by atoms with E-state index in [4.69, 9.17) is 0 Å². The van der Waals surface area contributed by atoms with Crippen molar-refractivity contribution in [3.8, 4) is 0 Å². The van der Waals surface area contributed by atoms with Crippen LogP contribution in [0.1, 0.15) is 25.1 Å². The Kier molecular flexibility index (Phi) is 5.36. The first-order valence-electron chi connectivity index (χ1n) is 6.90. The Morgan fingerprint density at radius 3 is 2.70 bits per heavy atom. The van der Waals surface area contributed by atoms with E-state index in [0.29, 0.717) is 19.1 Å². The Morgan fingerprint density at radius 1 is 1.35 bits per heavy atom. The van der Waals surface area contributed by atoms with Crippen molar-refractivity contribution in [3.05, 3.63) is 12.2 Å². The number of alkyl halides is 3. The minimum atomic E-state index is -4.09.